The van der Waals surface area contributed by atoms with Crippen molar-refractivity contribution in [1.29, 1.82) is 0 Å². The van der Waals surface area contributed by atoms with Crippen LogP contribution < -0.4 is 0 Å². The van der Waals surface area contributed by atoms with Crippen LogP contribution in [0.5, 0.6) is 0 Å². The molecule has 1 aliphatic heterocycles. The van der Waals surface area contributed by atoms with Gasteiger partial charge in [0.2, 0.25) is 5.89 Å². The molecule has 1 aromatic rings. The van der Waals surface area contributed by atoms with Gasteiger partial charge in [0.25, 0.3) is 0 Å². The summed E-state index contributed by atoms with van der Waals surface area (Å²) in [6, 6.07) is 0. The van der Waals surface area contributed by atoms with E-state index >= 15 is 0 Å². The van der Waals surface area contributed by atoms with Crippen LogP contribution in [0.2, 0.25) is 0 Å². The molecular formula is C11H20N4O2. The summed E-state index contributed by atoms with van der Waals surface area (Å²) in [6.45, 7) is 8.71. The van der Waals surface area contributed by atoms with E-state index in [1.54, 1.807) is 7.11 Å². The molecule has 6 nitrogen and oxygen atoms in total. The number of hydrogen-bond donors (Lipinski definition) is 0. The Morgan fingerprint density at radius 3 is 2.53 bits per heavy atom. The summed E-state index contributed by atoms with van der Waals surface area (Å²) in [5, 5.41) is 3.92. The second-order valence-electron chi connectivity index (χ2n) is 4.34. The number of methoxy groups -OCH3 is 1. The monoisotopic (exact) mass is 240 g/mol. The maximum atomic E-state index is 5.08. The van der Waals surface area contributed by atoms with E-state index in [1.165, 1.54) is 0 Å². The first-order valence-corrected chi connectivity index (χ1v) is 6.01. The van der Waals surface area contributed by atoms with Crippen LogP contribution in [0.25, 0.3) is 0 Å². The maximum Gasteiger partial charge on any atom is 0.223 e. The Labute approximate surface area is 102 Å². The zero-order chi connectivity index (χ0) is 12.1. The zero-order valence-corrected chi connectivity index (χ0v) is 10.6. The van der Waals surface area contributed by atoms with Gasteiger partial charge in [-0.1, -0.05) is 5.16 Å². The molecule has 0 unspecified atom stereocenters. The van der Waals surface area contributed by atoms with Crippen LogP contribution in [-0.4, -0.2) is 66.4 Å². The average Bonchev–Trinajstić information content (AvgIpc) is 2.74. The van der Waals surface area contributed by atoms with Gasteiger partial charge in [0.05, 0.1) is 13.2 Å². The third kappa shape index (κ3) is 3.76. The summed E-state index contributed by atoms with van der Waals surface area (Å²) in [5.41, 5.74) is 0. The van der Waals surface area contributed by atoms with Crippen molar-refractivity contribution in [3.8, 4) is 0 Å². The Hall–Kier alpha value is -0.980. The van der Waals surface area contributed by atoms with Gasteiger partial charge in [-0.05, 0) is 0 Å². The molecule has 1 fully saturated rings. The van der Waals surface area contributed by atoms with Gasteiger partial charge in [-0.15, -0.1) is 0 Å². The molecule has 17 heavy (non-hydrogen) atoms. The summed E-state index contributed by atoms with van der Waals surface area (Å²) < 4.78 is 10.0. The SMILES string of the molecule is COCCN1CCN(Cc2noc(C)n2)CC1. The van der Waals surface area contributed by atoms with Crippen molar-refractivity contribution in [3.05, 3.63) is 11.7 Å². The van der Waals surface area contributed by atoms with E-state index in [0.29, 0.717) is 5.89 Å². The Kier molecular flexibility index (Phi) is 4.47. The van der Waals surface area contributed by atoms with E-state index in [1.807, 2.05) is 6.92 Å². The molecule has 6 heteroatoms. The zero-order valence-electron chi connectivity index (χ0n) is 10.6. The lowest BCUT2D eigenvalue weighted by Gasteiger charge is -2.33. The molecular weight excluding hydrogens is 220 g/mol. The van der Waals surface area contributed by atoms with E-state index < -0.39 is 0 Å². The van der Waals surface area contributed by atoms with Gasteiger partial charge in [0, 0.05) is 46.8 Å². The first-order chi connectivity index (χ1) is 8.28. The summed E-state index contributed by atoms with van der Waals surface area (Å²) in [6.07, 6.45) is 0. The van der Waals surface area contributed by atoms with Crippen LogP contribution >= 0.6 is 0 Å². The molecule has 0 saturated carbocycles. The standard InChI is InChI=1S/C11H20N4O2/c1-10-12-11(13-17-10)9-15-5-3-14(4-6-15)7-8-16-2/h3-9H2,1-2H3. The molecule has 96 valence electrons. The second kappa shape index (κ2) is 6.09. The molecule has 1 aromatic heterocycles. The van der Waals surface area contributed by atoms with Gasteiger partial charge in [-0.25, -0.2) is 0 Å². The topological polar surface area (TPSA) is 54.6 Å². The molecule has 0 bridgehead atoms. The van der Waals surface area contributed by atoms with Crippen LogP contribution in [0.4, 0.5) is 0 Å². The Morgan fingerprint density at radius 2 is 1.94 bits per heavy atom. The normalized spacial score (nSPS) is 18.7. The molecule has 2 rings (SSSR count). The quantitative estimate of drug-likeness (QED) is 0.730. The van der Waals surface area contributed by atoms with E-state index in [9.17, 15) is 0 Å². The number of hydrogen-bond acceptors (Lipinski definition) is 6. The molecule has 0 amide bonds. The van der Waals surface area contributed by atoms with Gasteiger partial charge in [-0.3, -0.25) is 9.80 Å². The Morgan fingerprint density at radius 1 is 1.24 bits per heavy atom. The number of aromatic nitrogens is 2. The maximum absolute atomic E-state index is 5.08. The van der Waals surface area contributed by atoms with Crippen LogP contribution in [0.15, 0.2) is 4.52 Å². The first-order valence-electron chi connectivity index (χ1n) is 6.01. The van der Waals surface area contributed by atoms with Gasteiger partial charge >= 0.3 is 0 Å². The number of nitrogens with zero attached hydrogens (tertiary/aromatic N) is 4. The number of aryl methyl sites for hydroxylation is 1. The van der Waals surface area contributed by atoms with Crippen LogP contribution in [0, 0.1) is 6.92 Å². The summed E-state index contributed by atoms with van der Waals surface area (Å²) >= 11 is 0. The highest BCUT2D eigenvalue weighted by Gasteiger charge is 2.18. The van der Waals surface area contributed by atoms with Gasteiger partial charge < -0.3 is 9.26 Å². The van der Waals surface area contributed by atoms with Gasteiger partial charge in [-0.2, -0.15) is 4.98 Å². The van der Waals surface area contributed by atoms with E-state index in [0.717, 1.165) is 51.7 Å². The van der Waals surface area contributed by atoms with Crippen molar-refractivity contribution < 1.29 is 9.26 Å². The van der Waals surface area contributed by atoms with Crippen LogP contribution in [0.1, 0.15) is 11.7 Å². The lowest BCUT2D eigenvalue weighted by Crippen LogP contribution is -2.46. The molecule has 1 saturated heterocycles. The minimum atomic E-state index is 0.638. The predicted molar refractivity (Wildman–Crippen MR) is 62.6 cm³/mol. The Bertz CT molecular complexity index is 334. The van der Waals surface area contributed by atoms with Crippen LogP contribution in [0.3, 0.4) is 0 Å². The minimum absolute atomic E-state index is 0.638. The smallest absolute Gasteiger partial charge is 0.223 e. The van der Waals surface area contributed by atoms with Crippen molar-refractivity contribution in [1.82, 2.24) is 19.9 Å². The number of piperazine rings is 1. The van der Waals surface area contributed by atoms with Crippen LogP contribution in [-0.2, 0) is 11.3 Å². The molecule has 0 aromatic carbocycles. The molecule has 0 aliphatic carbocycles. The van der Waals surface area contributed by atoms with Gasteiger partial charge in [0.15, 0.2) is 5.82 Å². The molecule has 0 spiro atoms. The van der Waals surface area contributed by atoms with E-state index in [4.69, 9.17) is 9.26 Å². The molecule has 0 radical (unpaired) electrons. The molecule has 1 aliphatic rings. The fourth-order valence-corrected chi connectivity index (χ4v) is 2.00. The predicted octanol–water partition coefficient (Wildman–Crippen LogP) is 0.142. The third-order valence-electron chi connectivity index (χ3n) is 3.01. The fraction of sp³-hybridized carbons (Fsp3) is 0.818. The number of ether oxygens (including phenoxy) is 1. The first kappa shape index (κ1) is 12.5. The largest absolute Gasteiger partial charge is 0.383 e. The number of rotatable bonds is 5. The highest BCUT2D eigenvalue weighted by Crippen LogP contribution is 2.06. The molecule has 2 heterocycles. The summed E-state index contributed by atoms with van der Waals surface area (Å²) in [5.74, 6) is 1.42. The van der Waals surface area contributed by atoms with Gasteiger partial charge in [0.1, 0.15) is 0 Å². The minimum Gasteiger partial charge on any atom is -0.383 e. The van der Waals surface area contributed by atoms with Crippen molar-refractivity contribution >= 4 is 0 Å². The lowest BCUT2D eigenvalue weighted by atomic mass is 10.3. The van der Waals surface area contributed by atoms with Crippen molar-refractivity contribution in [2.75, 3.05) is 46.4 Å². The van der Waals surface area contributed by atoms with E-state index in [2.05, 4.69) is 19.9 Å². The van der Waals surface area contributed by atoms with E-state index in [-0.39, 0.29) is 0 Å². The third-order valence-corrected chi connectivity index (χ3v) is 3.01. The second-order valence-corrected chi connectivity index (χ2v) is 4.34. The highest BCUT2D eigenvalue weighted by molar-refractivity contribution is 4.85. The van der Waals surface area contributed by atoms with Crippen molar-refractivity contribution in [2.45, 2.75) is 13.5 Å². The Balaban J connectivity index is 1.72. The summed E-state index contributed by atoms with van der Waals surface area (Å²) in [7, 11) is 1.74. The summed E-state index contributed by atoms with van der Waals surface area (Å²) in [4.78, 5) is 8.99. The fourth-order valence-electron chi connectivity index (χ4n) is 2.00. The molecule has 0 atom stereocenters. The highest BCUT2D eigenvalue weighted by atomic mass is 16.5. The lowest BCUT2D eigenvalue weighted by molar-refractivity contribution is 0.0922. The van der Waals surface area contributed by atoms with Crippen molar-refractivity contribution in [2.24, 2.45) is 0 Å². The average molecular weight is 240 g/mol. The molecule has 0 N–H and O–H groups in total. The van der Waals surface area contributed by atoms with Crippen molar-refractivity contribution in [3.63, 3.8) is 0 Å².